The molecule has 0 radical (unpaired) electrons. The summed E-state index contributed by atoms with van der Waals surface area (Å²) in [5.74, 6) is 1.72. The zero-order valence-electron chi connectivity index (χ0n) is 26.6. The molecular weight excluding hydrogens is 547 g/mol. The Morgan fingerprint density at radius 2 is 1.55 bits per heavy atom. The van der Waals surface area contributed by atoms with Crippen molar-refractivity contribution in [2.24, 2.45) is 17.3 Å². The summed E-state index contributed by atoms with van der Waals surface area (Å²) in [5, 5.41) is 11.2. The minimum atomic E-state index is -0.483. The average Bonchev–Trinajstić information content (AvgIpc) is 2.98. The molecule has 224 valence electrons. The Labute approximate surface area is 262 Å². The molecule has 42 heavy (non-hydrogen) atoms. The van der Waals surface area contributed by atoms with E-state index in [0.717, 1.165) is 17.8 Å². The van der Waals surface area contributed by atoms with Gasteiger partial charge in [-0.05, 0) is 108 Å². The van der Waals surface area contributed by atoms with E-state index in [-0.39, 0.29) is 10.8 Å². The first kappa shape index (κ1) is 31.2. The molecule has 5 rings (SSSR count). The Hall–Kier alpha value is -2.22. The van der Waals surface area contributed by atoms with E-state index in [1.54, 1.807) is 11.1 Å². The second kappa shape index (κ2) is 13.2. The standard InChI is InChI=1S/C38H51N2PS/c1-27(2)29-18-20-33-30(24-29)19-21-35-37(5,22-13-23-38(33,35)6)26-39-36(42)40-34(28(3)4)25-41(31-14-9-7-10-15-31)32-16-11-8-12-17-32/h7-12,14-18,20,24,27-28,34-35H,13,19,21-23,25-26H2,1-6H3,(H2,39,40,42)/t34-,35+,37+,38-/m1/s1. The maximum absolute atomic E-state index is 6.01. The second-order valence-corrected chi connectivity index (χ2v) is 16.7. The molecule has 0 aliphatic heterocycles. The molecule has 0 spiro atoms. The van der Waals surface area contributed by atoms with Crippen molar-refractivity contribution < 1.29 is 0 Å². The number of fused-ring (bicyclic) bond motifs is 3. The highest BCUT2D eigenvalue weighted by Crippen LogP contribution is 2.57. The van der Waals surface area contributed by atoms with Crippen LogP contribution < -0.4 is 21.2 Å². The summed E-state index contributed by atoms with van der Waals surface area (Å²) in [6, 6.07) is 29.8. The molecule has 0 bridgehead atoms. The summed E-state index contributed by atoms with van der Waals surface area (Å²) in [5.41, 5.74) is 5.16. The number of rotatable bonds is 9. The number of benzene rings is 3. The minimum absolute atomic E-state index is 0.223. The number of thiocarbonyl (C=S) groups is 1. The highest BCUT2D eigenvalue weighted by molar-refractivity contribution is 7.80. The molecule has 2 aliphatic rings. The highest BCUT2D eigenvalue weighted by Gasteiger charge is 2.51. The van der Waals surface area contributed by atoms with Crippen molar-refractivity contribution in [3.8, 4) is 0 Å². The van der Waals surface area contributed by atoms with E-state index in [1.807, 2.05) is 0 Å². The first-order valence-electron chi connectivity index (χ1n) is 16.2. The van der Waals surface area contributed by atoms with Gasteiger partial charge in [-0.25, -0.2) is 0 Å². The molecule has 2 N–H and O–H groups in total. The van der Waals surface area contributed by atoms with Crippen LogP contribution in [-0.4, -0.2) is 23.9 Å². The van der Waals surface area contributed by atoms with Gasteiger partial charge in [0.15, 0.2) is 5.11 Å². The molecule has 0 unspecified atom stereocenters. The summed E-state index contributed by atoms with van der Waals surface area (Å²) >= 11 is 6.01. The third-order valence-corrected chi connectivity index (χ3v) is 13.3. The van der Waals surface area contributed by atoms with E-state index in [2.05, 4.69) is 131 Å². The Kier molecular flexibility index (Phi) is 9.80. The summed E-state index contributed by atoms with van der Waals surface area (Å²) < 4.78 is 0. The van der Waals surface area contributed by atoms with Crippen molar-refractivity contribution in [1.82, 2.24) is 10.6 Å². The maximum atomic E-state index is 6.01. The van der Waals surface area contributed by atoms with Crippen molar-refractivity contribution >= 4 is 35.9 Å². The fraction of sp³-hybridized carbons (Fsp3) is 0.500. The first-order chi connectivity index (χ1) is 20.1. The quantitative estimate of drug-likeness (QED) is 0.191. The average molecular weight is 599 g/mol. The molecule has 0 amide bonds. The van der Waals surface area contributed by atoms with Crippen LogP contribution in [0.3, 0.4) is 0 Å². The summed E-state index contributed by atoms with van der Waals surface area (Å²) in [4.78, 5) is 0. The van der Waals surface area contributed by atoms with E-state index >= 15 is 0 Å². The molecule has 0 heterocycles. The van der Waals surface area contributed by atoms with Gasteiger partial charge < -0.3 is 10.6 Å². The second-order valence-electron chi connectivity index (χ2n) is 14.0. The monoisotopic (exact) mass is 598 g/mol. The predicted octanol–water partition coefficient (Wildman–Crippen LogP) is 8.44. The van der Waals surface area contributed by atoms with E-state index < -0.39 is 7.92 Å². The molecule has 3 aromatic rings. The van der Waals surface area contributed by atoms with Gasteiger partial charge in [-0.2, -0.15) is 0 Å². The lowest BCUT2D eigenvalue weighted by molar-refractivity contribution is 0.0292. The summed E-state index contributed by atoms with van der Waals surface area (Å²) in [7, 11) is -0.483. The van der Waals surface area contributed by atoms with Gasteiger partial charge in [0.2, 0.25) is 0 Å². The van der Waals surface area contributed by atoms with Crippen molar-refractivity contribution in [3.63, 3.8) is 0 Å². The number of nitrogens with one attached hydrogen (secondary N) is 2. The molecule has 4 atom stereocenters. The minimum Gasteiger partial charge on any atom is -0.362 e. The summed E-state index contributed by atoms with van der Waals surface area (Å²) in [6.07, 6.45) is 7.38. The van der Waals surface area contributed by atoms with Crippen LogP contribution in [0.15, 0.2) is 78.9 Å². The normalized spacial score (nSPS) is 24.3. The van der Waals surface area contributed by atoms with Crippen LogP contribution in [0.5, 0.6) is 0 Å². The van der Waals surface area contributed by atoms with Crippen molar-refractivity contribution in [2.75, 3.05) is 12.7 Å². The van der Waals surface area contributed by atoms with Gasteiger partial charge in [-0.3, -0.25) is 0 Å². The Balaban J connectivity index is 1.28. The van der Waals surface area contributed by atoms with Gasteiger partial charge in [-0.15, -0.1) is 0 Å². The molecule has 1 saturated carbocycles. The van der Waals surface area contributed by atoms with Crippen LogP contribution in [0, 0.1) is 17.3 Å². The molecule has 2 aliphatic carbocycles. The smallest absolute Gasteiger partial charge is 0.166 e. The SMILES string of the molecule is CC(C)c1ccc2c(c1)CC[C@H]1[C@](C)(CNC(=S)N[C@H](CP(c3ccccc3)c3ccccc3)C(C)C)CCC[C@]21C. The van der Waals surface area contributed by atoms with Crippen LogP contribution in [0.2, 0.25) is 0 Å². The zero-order chi connectivity index (χ0) is 29.9. The largest absolute Gasteiger partial charge is 0.362 e. The van der Waals surface area contributed by atoms with Gasteiger partial charge in [0.05, 0.1) is 0 Å². The Morgan fingerprint density at radius 3 is 2.14 bits per heavy atom. The van der Waals surface area contributed by atoms with Crippen molar-refractivity contribution in [1.29, 1.82) is 0 Å². The highest BCUT2D eigenvalue weighted by atomic mass is 32.1. The van der Waals surface area contributed by atoms with Gasteiger partial charge in [0.1, 0.15) is 0 Å². The number of hydrogen-bond donors (Lipinski definition) is 2. The Morgan fingerprint density at radius 1 is 0.905 bits per heavy atom. The molecule has 2 nitrogen and oxygen atoms in total. The van der Waals surface area contributed by atoms with E-state index in [9.17, 15) is 0 Å². The topological polar surface area (TPSA) is 24.1 Å². The van der Waals surface area contributed by atoms with Gasteiger partial charge >= 0.3 is 0 Å². The van der Waals surface area contributed by atoms with E-state index in [1.165, 1.54) is 48.3 Å². The number of aryl methyl sites for hydroxylation is 1. The van der Waals surface area contributed by atoms with Crippen molar-refractivity contribution in [2.45, 2.75) is 91.0 Å². The molecular formula is C38H51N2PS. The molecule has 4 heteroatoms. The summed E-state index contributed by atoms with van der Waals surface area (Å²) in [6.45, 7) is 15.3. The lowest BCUT2D eigenvalue weighted by atomic mass is 9.49. The van der Waals surface area contributed by atoms with Crippen LogP contribution >= 0.6 is 20.1 Å². The first-order valence-corrected chi connectivity index (χ1v) is 18.1. The molecule has 1 fully saturated rings. The maximum Gasteiger partial charge on any atom is 0.166 e. The van der Waals surface area contributed by atoms with Gasteiger partial charge in [0, 0.05) is 12.6 Å². The molecule has 0 aromatic heterocycles. The fourth-order valence-electron chi connectivity index (χ4n) is 7.91. The molecule has 3 aromatic carbocycles. The van der Waals surface area contributed by atoms with Gasteiger partial charge in [-0.1, -0.05) is 127 Å². The van der Waals surface area contributed by atoms with Gasteiger partial charge in [0.25, 0.3) is 0 Å². The fourth-order valence-corrected chi connectivity index (χ4v) is 10.8. The van der Waals surface area contributed by atoms with Crippen molar-refractivity contribution in [3.05, 3.63) is 95.6 Å². The predicted molar refractivity (Wildman–Crippen MR) is 188 cm³/mol. The zero-order valence-corrected chi connectivity index (χ0v) is 28.3. The lowest BCUT2D eigenvalue weighted by Gasteiger charge is -2.55. The number of hydrogen-bond acceptors (Lipinski definition) is 1. The Bertz CT molecular complexity index is 1300. The van der Waals surface area contributed by atoms with Crippen LogP contribution in [-0.2, 0) is 11.8 Å². The van der Waals surface area contributed by atoms with E-state index in [4.69, 9.17) is 12.2 Å². The van der Waals surface area contributed by atoms with Crippen LogP contribution in [0.4, 0.5) is 0 Å². The van der Waals surface area contributed by atoms with Crippen LogP contribution in [0.25, 0.3) is 0 Å². The van der Waals surface area contributed by atoms with E-state index in [0.29, 0.717) is 23.8 Å². The third kappa shape index (κ3) is 6.63. The van der Waals surface area contributed by atoms with Crippen LogP contribution in [0.1, 0.15) is 89.8 Å². The third-order valence-electron chi connectivity index (χ3n) is 10.5. The molecule has 0 saturated heterocycles. The lowest BCUT2D eigenvalue weighted by Crippen LogP contribution is -2.55.